The first-order valence-electron chi connectivity index (χ1n) is 7.96. The van der Waals surface area contributed by atoms with E-state index in [1.165, 1.54) is 17.0 Å². The maximum atomic E-state index is 13.8. The van der Waals surface area contributed by atoms with Gasteiger partial charge in [-0.3, -0.25) is 4.99 Å². The van der Waals surface area contributed by atoms with Gasteiger partial charge in [0.25, 0.3) is 0 Å². The zero-order valence-corrected chi connectivity index (χ0v) is 15.3. The molecule has 0 unspecified atom stereocenters. The van der Waals surface area contributed by atoms with Crippen molar-refractivity contribution in [2.45, 2.75) is 33.5 Å². The lowest BCUT2D eigenvalue weighted by Crippen LogP contribution is -2.36. The molecule has 1 aromatic heterocycles. The van der Waals surface area contributed by atoms with Gasteiger partial charge in [-0.15, -0.1) is 11.3 Å². The van der Waals surface area contributed by atoms with E-state index in [9.17, 15) is 4.39 Å². The zero-order chi connectivity index (χ0) is 17.8. The molecule has 2 heterocycles. The highest BCUT2D eigenvalue weighted by Crippen LogP contribution is 2.29. The van der Waals surface area contributed by atoms with Crippen LogP contribution in [0.1, 0.15) is 26.7 Å². The second-order valence-electron chi connectivity index (χ2n) is 5.69. The minimum Gasteiger partial charge on any atom is -0.467 e. The number of guanidine groups is 1. The summed E-state index contributed by atoms with van der Waals surface area (Å²) in [6.07, 6.45) is 0. The molecule has 8 heteroatoms. The van der Waals surface area contributed by atoms with Crippen LogP contribution in [0.15, 0.2) is 17.1 Å². The quantitative estimate of drug-likeness (QED) is 0.645. The predicted molar refractivity (Wildman–Crippen MR) is 95.3 cm³/mol. The average Bonchev–Trinajstić information content (AvgIpc) is 2.92. The first-order chi connectivity index (χ1) is 12.1. The maximum Gasteiger partial charge on any atom is 0.191 e. The Labute approximate surface area is 150 Å². The number of ether oxygens (including phenoxy) is 2. The van der Waals surface area contributed by atoms with Crippen molar-refractivity contribution < 1.29 is 13.9 Å². The van der Waals surface area contributed by atoms with E-state index in [1.54, 1.807) is 18.4 Å². The second kappa shape index (κ2) is 7.79. The molecule has 0 saturated heterocycles. The topological polar surface area (TPSA) is 67.8 Å². The number of benzene rings is 1. The minimum atomic E-state index is -0.304. The van der Waals surface area contributed by atoms with Gasteiger partial charge in [0.2, 0.25) is 0 Å². The molecule has 2 aromatic rings. The van der Waals surface area contributed by atoms with Gasteiger partial charge in [-0.1, -0.05) is 0 Å². The fourth-order valence-corrected chi connectivity index (χ4v) is 3.44. The Hall–Kier alpha value is -2.19. The summed E-state index contributed by atoms with van der Waals surface area (Å²) in [6, 6.07) is 2.91. The third-order valence-corrected chi connectivity index (χ3v) is 4.97. The van der Waals surface area contributed by atoms with E-state index >= 15 is 0 Å². The van der Waals surface area contributed by atoms with E-state index in [1.807, 2.05) is 6.92 Å². The van der Waals surface area contributed by atoms with E-state index < -0.39 is 0 Å². The molecule has 0 atom stereocenters. The summed E-state index contributed by atoms with van der Waals surface area (Å²) in [5, 5.41) is 7.40. The number of aromatic nitrogens is 1. The number of fused-ring (bicyclic) bond motifs is 1. The number of rotatable bonds is 4. The Morgan fingerprint density at radius 2 is 2.12 bits per heavy atom. The van der Waals surface area contributed by atoms with E-state index in [0.29, 0.717) is 31.4 Å². The van der Waals surface area contributed by atoms with Crippen molar-refractivity contribution in [2.75, 3.05) is 13.8 Å². The van der Waals surface area contributed by atoms with Crippen LogP contribution in [0.3, 0.4) is 0 Å². The molecule has 1 aromatic carbocycles. The molecule has 0 fully saturated rings. The van der Waals surface area contributed by atoms with Crippen LogP contribution in [0.5, 0.6) is 5.75 Å². The highest BCUT2D eigenvalue weighted by atomic mass is 32.1. The summed E-state index contributed by atoms with van der Waals surface area (Å²) >= 11 is 1.66. The fourth-order valence-electron chi connectivity index (χ4n) is 2.56. The van der Waals surface area contributed by atoms with Crippen LogP contribution in [0.25, 0.3) is 0 Å². The highest BCUT2D eigenvalue weighted by Gasteiger charge is 2.17. The molecule has 134 valence electrons. The molecule has 0 bridgehead atoms. The number of thiazole rings is 1. The molecule has 6 nitrogen and oxygen atoms in total. The Kier molecular flexibility index (Phi) is 5.50. The summed E-state index contributed by atoms with van der Waals surface area (Å²) in [7, 11) is 1.69. The molecule has 2 N–H and O–H groups in total. The highest BCUT2D eigenvalue weighted by molar-refractivity contribution is 7.11. The zero-order valence-electron chi connectivity index (χ0n) is 14.5. The smallest absolute Gasteiger partial charge is 0.191 e. The molecule has 0 aliphatic carbocycles. The van der Waals surface area contributed by atoms with Crippen LogP contribution in [0.2, 0.25) is 0 Å². The summed E-state index contributed by atoms with van der Waals surface area (Å²) < 4.78 is 24.5. The standard InChI is InChI=1S/C17H21FN4O2S/c1-10-11(2)25-15(22-10)7-21-17(19-3)20-6-12-4-14(18)5-13-8-23-9-24-16(12)13/h4-5H,6-9H2,1-3H3,(H2,19,20,21). The van der Waals surface area contributed by atoms with Gasteiger partial charge < -0.3 is 20.1 Å². The van der Waals surface area contributed by atoms with Crippen molar-refractivity contribution in [3.05, 3.63) is 44.7 Å². The second-order valence-corrected chi connectivity index (χ2v) is 6.98. The van der Waals surface area contributed by atoms with Gasteiger partial charge >= 0.3 is 0 Å². The Morgan fingerprint density at radius 1 is 1.32 bits per heavy atom. The average molecular weight is 364 g/mol. The number of hydrogen-bond donors (Lipinski definition) is 2. The van der Waals surface area contributed by atoms with Gasteiger partial charge in [0.15, 0.2) is 12.8 Å². The van der Waals surface area contributed by atoms with Crippen molar-refractivity contribution in [3.8, 4) is 5.75 Å². The lowest BCUT2D eigenvalue weighted by atomic mass is 10.1. The first kappa shape index (κ1) is 17.6. The van der Waals surface area contributed by atoms with Crippen LogP contribution >= 0.6 is 11.3 Å². The fraction of sp³-hybridized carbons (Fsp3) is 0.412. The number of aliphatic imine (C=N–C) groups is 1. The Morgan fingerprint density at radius 3 is 2.84 bits per heavy atom. The van der Waals surface area contributed by atoms with Crippen molar-refractivity contribution in [1.82, 2.24) is 15.6 Å². The third-order valence-electron chi connectivity index (χ3n) is 3.90. The maximum absolute atomic E-state index is 13.8. The van der Waals surface area contributed by atoms with Gasteiger partial charge in [-0.2, -0.15) is 0 Å². The van der Waals surface area contributed by atoms with Gasteiger partial charge in [0.1, 0.15) is 16.6 Å². The molecule has 0 radical (unpaired) electrons. The number of nitrogens with one attached hydrogen (secondary N) is 2. The van der Waals surface area contributed by atoms with Gasteiger partial charge in [0.05, 0.1) is 18.8 Å². The summed E-state index contributed by atoms with van der Waals surface area (Å²) in [5.74, 6) is 0.999. The monoisotopic (exact) mass is 364 g/mol. The van der Waals surface area contributed by atoms with E-state index in [4.69, 9.17) is 9.47 Å². The lowest BCUT2D eigenvalue weighted by Gasteiger charge is -2.21. The molecular weight excluding hydrogens is 343 g/mol. The van der Waals surface area contributed by atoms with Crippen molar-refractivity contribution in [2.24, 2.45) is 4.99 Å². The molecule has 0 spiro atoms. The molecule has 1 aliphatic rings. The summed E-state index contributed by atoms with van der Waals surface area (Å²) in [6.45, 7) is 5.58. The largest absolute Gasteiger partial charge is 0.467 e. The SMILES string of the molecule is CN=C(NCc1nc(C)c(C)s1)NCc1cc(F)cc2c1OCOC2. The van der Waals surface area contributed by atoms with Crippen molar-refractivity contribution >= 4 is 17.3 Å². The number of aryl methyl sites for hydroxylation is 2. The summed E-state index contributed by atoms with van der Waals surface area (Å²) in [4.78, 5) is 9.90. The molecule has 3 rings (SSSR count). The number of nitrogens with zero attached hydrogens (tertiary/aromatic N) is 2. The van der Waals surface area contributed by atoms with Gasteiger partial charge in [-0.25, -0.2) is 9.37 Å². The predicted octanol–water partition coefficient (Wildman–Crippen LogP) is 2.63. The molecule has 0 saturated carbocycles. The van der Waals surface area contributed by atoms with Crippen LogP contribution in [0, 0.1) is 19.7 Å². The summed E-state index contributed by atoms with van der Waals surface area (Å²) in [5.41, 5.74) is 2.51. The van der Waals surface area contributed by atoms with Crippen LogP contribution in [-0.4, -0.2) is 24.8 Å². The van der Waals surface area contributed by atoms with E-state index in [-0.39, 0.29) is 12.6 Å². The van der Waals surface area contributed by atoms with Crippen LogP contribution in [0.4, 0.5) is 4.39 Å². The Bertz CT molecular complexity index is 772. The van der Waals surface area contributed by atoms with Crippen molar-refractivity contribution in [3.63, 3.8) is 0 Å². The first-order valence-corrected chi connectivity index (χ1v) is 8.77. The van der Waals surface area contributed by atoms with Crippen LogP contribution in [-0.2, 0) is 24.4 Å². The van der Waals surface area contributed by atoms with Crippen molar-refractivity contribution in [1.29, 1.82) is 0 Å². The Balaban J connectivity index is 1.62. The van der Waals surface area contributed by atoms with Gasteiger partial charge in [-0.05, 0) is 26.0 Å². The molecule has 0 amide bonds. The third kappa shape index (κ3) is 4.26. The van der Waals surface area contributed by atoms with Gasteiger partial charge in [0, 0.05) is 29.6 Å². The molecule has 25 heavy (non-hydrogen) atoms. The molecule has 1 aliphatic heterocycles. The number of hydrogen-bond acceptors (Lipinski definition) is 5. The van der Waals surface area contributed by atoms with E-state index in [0.717, 1.165) is 21.8 Å². The normalized spacial score (nSPS) is 14.0. The molecular formula is C17H21FN4O2S. The number of halogens is 1. The van der Waals surface area contributed by atoms with Crippen LogP contribution < -0.4 is 15.4 Å². The lowest BCUT2D eigenvalue weighted by molar-refractivity contribution is -0.0172. The van der Waals surface area contributed by atoms with E-state index in [2.05, 4.69) is 27.5 Å². The minimum absolute atomic E-state index is 0.182.